The predicted octanol–water partition coefficient (Wildman–Crippen LogP) is 5.38. The van der Waals surface area contributed by atoms with E-state index in [4.69, 9.17) is 20.3 Å². The number of carboxylic acid groups (broad SMARTS) is 1. The van der Waals surface area contributed by atoms with Crippen LogP contribution in [0.1, 0.15) is 87.7 Å². The fraction of sp³-hybridized carbons (Fsp3) is 0.639. The van der Waals surface area contributed by atoms with E-state index in [2.05, 4.69) is 31.7 Å². The number of phenols is 1. The smallest absolute Gasteiger partial charge is 0.335 e. The number of carbonyl (C=O) groups is 1. The summed E-state index contributed by atoms with van der Waals surface area (Å²) < 4.78 is 13.5. The minimum Gasteiger partial charge on any atom is -0.504 e. The van der Waals surface area contributed by atoms with E-state index in [0.29, 0.717) is 17.5 Å². The molecule has 2 aromatic rings. The molecule has 44 heavy (non-hydrogen) atoms. The van der Waals surface area contributed by atoms with Crippen LogP contribution in [0.5, 0.6) is 11.5 Å². The Labute approximate surface area is 260 Å². The van der Waals surface area contributed by atoms with Gasteiger partial charge in [-0.25, -0.2) is 4.79 Å². The van der Waals surface area contributed by atoms with Crippen LogP contribution in [0.2, 0.25) is 0 Å². The van der Waals surface area contributed by atoms with Crippen LogP contribution in [-0.2, 0) is 16.6 Å². The van der Waals surface area contributed by atoms with Gasteiger partial charge < -0.3 is 30.5 Å². The van der Waals surface area contributed by atoms with Crippen molar-refractivity contribution < 1.29 is 29.6 Å². The Bertz CT molecular complexity index is 1480. The molecule has 8 heteroatoms. The van der Waals surface area contributed by atoms with E-state index in [1.54, 1.807) is 12.1 Å². The molecule has 0 unspecified atom stereocenters. The minimum absolute atomic E-state index is 0.0294. The highest BCUT2D eigenvalue weighted by atomic mass is 16.6. The SMILES string of the molecule is CO[C@@]12CC[C@@]3(C[C@@H]1[C@](C)(O)C(C)(C)C)[C@H]1Cc4ccc(O)c5c4[C@@]3(CCN1CC1CC1)[C@H]2O5.Nc1ccc(C(=O)O)cc1. The van der Waals surface area contributed by atoms with Gasteiger partial charge in [-0.15, -0.1) is 0 Å². The number of carboxylic acids is 1. The van der Waals surface area contributed by atoms with Gasteiger partial charge in [0.2, 0.25) is 0 Å². The van der Waals surface area contributed by atoms with Crippen molar-refractivity contribution in [3.63, 3.8) is 0 Å². The Morgan fingerprint density at radius 2 is 1.80 bits per heavy atom. The molecule has 9 rings (SSSR count). The first-order valence-electron chi connectivity index (χ1n) is 16.3. The monoisotopic (exact) mass is 604 g/mol. The molecule has 4 bridgehead atoms. The summed E-state index contributed by atoms with van der Waals surface area (Å²) >= 11 is 0. The summed E-state index contributed by atoms with van der Waals surface area (Å²) in [5.74, 6) is 0.872. The lowest BCUT2D eigenvalue weighted by Gasteiger charge is -2.75. The lowest BCUT2D eigenvalue weighted by Crippen LogP contribution is -2.83. The summed E-state index contributed by atoms with van der Waals surface area (Å²) in [6.45, 7) is 10.8. The lowest BCUT2D eigenvalue weighted by atomic mass is 9.33. The molecule has 2 heterocycles. The van der Waals surface area contributed by atoms with Gasteiger partial charge in [-0.1, -0.05) is 26.8 Å². The van der Waals surface area contributed by atoms with Crippen LogP contribution < -0.4 is 10.5 Å². The summed E-state index contributed by atoms with van der Waals surface area (Å²) in [6.07, 6.45) is 7.64. The van der Waals surface area contributed by atoms with Gasteiger partial charge in [-0.2, -0.15) is 0 Å². The van der Waals surface area contributed by atoms with Gasteiger partial charge >= 0.3 is 5.97 Å². The van der Waals surface area contributed by atoms with Crippen molar-refractivity contribution in [2.75, 3.05) is 25.9 Å². The first-order valence-corrected chi connectivity index (χ1v) is 16.3. The second-order valence-corrected chi connectivity index (χ2v) is 15.7. The van der Waals surface area contributed by atoms with Crippen molar-refractivity contribution in [1.82, 2.24) is 4.90 Å². The van der Waals surface area contributed by atoms with Gasteiger partial charge in [0.25, 0.3) is 0 Å². The molecule has 0 amide bonds. The van der Waals surface area contributed by atoms with E-state index in [-0.39, 0.29) is 39.6 Å². The highest BCUT2D eigenvalue weighted by Gasteiger charge is 2.82. The fourth-order valence-electron chi connectivity index (χ4n) is 10.2. The maximum absolute atomic E-state index is 12.2. The van der Waals surface area contributed by atoms with Crippen LogP contribution in [0.25, 0.3) is 0 Å². The summed E-state index contributed by atoms with van der Waals surface area (Å²) in [5, 5.41) is 31.6. The zero-order valence-electron chi connectivity index (χ0n) is 26.7. The second-order valence-electron chi connectivity index (χ2n) is 15.7. The quantitative estimate of drug-likeness (QED) is 0.335. The van der Waals surface area contributed by atoms with Crippen LogP contribution in [0.4, 0.5) is 5.69 Å². The molecule has 7 aliphatic rings. The van der Waals surface area contributed by atoms with Crippen molar-refractivity contribution in [2.45, 2.75) is 101 Å². The molecule has 5 fully saturated rings. The Morgan fingerprint density at radius 3 is 2.41 bits per heavy atom. The van der Waals surface area contributed by atoms with Crippen LogP contribution in [0, 0.1) is 22.7 Å². The summed E-state index contributed by atoms with van der Waals surface area (Å²) in [7, 11) is 1.83. The van der Waals surface area contributed by atoms with E-state index >= 15 is 0 Å². The van der Waals surface area contributed by atoms with E-state index in [1.165, 1.54) is 42.6 Å². The molecule has 8 nitrogen and oxygen atoms in total. The van der Waals surface area contributed by atoms with Crippen LogP contribution in [-0.4, -0.2) is 69.7 Å². The molecule has 238 valence electrons. The second kappa shape index (κ2) is 9.60. The van der Waals surface area contributed by atoms with E-state index in [0.717, 1.165) is 44.6 Å². The fourth-order valence-corrected chi connectivity index (χ4v) is 10.2. The molecule has 0 aromatic heterocycles. The summed E-state index contributed by atoms with van der Waals surface area (Å²) in [5.41, 5.74) is 6.95. The van der Waals surface area contributed by atoms with Crippen LogP contribution >= 0.6 is 0 Å². The number of aromatic carboxylic acids is 1. The standard InChI is InChI=1S/C29H41NO4.C7H7NO2/c1-25(2,3)26(4,32)20-15-27-10-11-29(20,33-5)24-28(27)12-13-30(16-17-6-7-17)21(27)14-18-8-9-19(31)23(34-24)22(18)28;8-6-3-1-5(2-4-6)7(9)10/h8-9,17,20-21,24,31-32H,6-7,10-16H2,1-5H3;1-4H,8H2,(H,9,10)/t20-,21-,24-,26+,27-,28+,29+;/m1./s1. The molecular formula is C36H48N2O6. The van der Waals surface area contributed by atoms with Crippen molar-refractivity contribution in [2.24, 2.45) is 22.7 Å². The number of nitrogens with two attached hydrogens (primary N) is 1. The molecule has 0 radical (unpaired) electrons. The number of nitrogens with zero attached hydrogens (tertiary/aromatic N) is 1. The summed E-state index contributed by atoms with van der Waals surface area (Å²) in [6, 6.07) is 10.5. The first kappa shape index (κ1) is 29.9. The van der Waals surface area contributed by atoms with Gasteiger partial charge in [0.15, 0.2) is 11.5 Å². The minimum atomic E-state index is -0.931. The molecule has 5 aliphatic carbocycles. The molecule has 5 N–H and O–H groups in total. The largest absolute Gasteiger partial charge is 0.504 e. The summed E-state index contributed by atoms with van der Waals surface area (Å²) in [4.78, 5) is 13.1. The molecule has 7 atom stereocenters. The number of benzene rings is 2. The molecule has 4 saturated carbocycles. The highest BCUT2D eigenvalue weighted by Crippen LogP contribution is 2.78. The number of phenolic OH excluding ortho intramolecular Hbond substituents is 1. The molecule has 2 spiro atoms. The first-order chi connectivity index (χ1) is 20.7. The van der Waals surface area contributed by atoms with E-state index < -0.39 is 17.2 Å². The third kappa shape index (κ3) is 3.83. The van der Waals surface area contributed by atoms with Crippen LogP contribution in [0.3, 0.4) is 0 Å². The molecule has 2 aliphatic heterocycles. The lowest BCUT2D eigenvalue weighted by molar-refractivity contribution is -0.312. The van der Waals surface area contributed by atoms with Gasteiger partial charge in [0.05, 0.1) is 11.2 Å². The number of aliphatic hydroxyl groups is 1. The van der Waals surface area contributed by atoms with Gasteiger partial charge in [0.1, 0.15) is 11.7 Å². The van der Waals surface area contributed by atoms with Gasteiger partial charge in [-0.3, -0.25) is 4.90 Å². The van der Waals surface area contributed by atoms with Crippen molar-refractivity contribution in [3.8, 4) is 11.5 Å². The Balaban J connectivity index is 0.000000268. The van der Waals surface area contributed by atoms with Crippen molar-refractivity contribution in [3.05, 3.63) is 53.1 Å². The number of fused-ring (bicyclic) bond motifs is 2. The molecule has 2 aromatic carbocycles. The number of aromatic hydroxyl groups is 1. The maximum atomic E-state index is 12.2. The average Bonchev–Trinajstić information content (AvgIpc) is 3.72. The predicted molar refractivity (Wildman–Crippen MR) is 168 cm³/mol. The van der Waals surface area contributed by atoms with Crippen molar-refractivity contribution in [1.29, 1.82) is 0 Å². The maximum Gasteiger partial charge on any atom is 0.335 e. The third-order valence-electron chi connectivity index (χ3n) is 13.0. The molecular weight excluding hydrogens is 556 g/mol. The number of piperidine rings is 1. The number of anilines is 1. The van der Waals surface area contributed by atoms with Crippen LogP contribution in [0.15, 0.2) is 36.4 Å². The zero-order chi connectivity index (χ0) is 31.4. The number of hydrogen-bond acceptors (Lipinski definition) is 7. The highest BCUT2D eigenvalue weighted by molar-refractivity contribution is 5.87. The number of rotatable bonds is 5. The topological polar surface area (TPSA) is 125 Å². The number of methoxy groups -OCH3 is 1. The van der Waals surface area contributed by atoms with Crippen molar-refractivity contribution >= 4 is 11.7 Å². The molecule has 1 saturated heterocycles. The number of hydrogen-bond donors (Lipinski definition) is 4. The number of likely N-dealkylation sites (tertiary alicyclic amines) is 1. The van der Waals surface area contributed by atoms with E-state index in [9.17, 15) is 15.0 Å². The number of nitrogen functional groups attached to an aromatic ring is 1. The zero-order valence-corrected chi connectivity index (χ0v) is 26.7. The third-order valence-corrected chi connectivity index (χ3v) is 13.0. The number of ether oxygens (including phenoxy) is 2. The van der Waals surface area contributed by atoms with Gasteiger partial charge in [-0.05, 0) is 106 Å². The average molecular weight is 605 g/mol. The normalized spacial score (nSPS) is 36.0. The Morgan fingerprint density at radius 1 is 1.09 bits per heavy atom. The van der Waals surface area contributed by atoms with Gasteiger partial charge in [0, 0.05) is 47.7 Å². The van der Waals surface area contributed by atoms with E-state index in [1.807, 2.05) is 20.1 Å². The Hall–Kier alpha value is -2.81. The Kier molecular flexibility index (Phi) is 6.52.